The Morgan fingerprint density at radius 2 is 1.65 bits per heavy atom. The summed E-state index contributed by atoms with van der Waals surface area (Å²) in [4.78, 5) is 0. The Bertz CT molecular complexity index is 551. The van der Waals surface area contributed by atoms with E-state index in [1.807, 2.05) is 24.3 Å². The molecule has 1 aliphatic rings. The Morgan fingerprint density at radius 1 is 1.00 bits per heavy atom. The molecule has 88 valence electrons. The Morgan fingerprint density at radius 3 is 2.35 bits per heavy atom. The molecule has 2 heteroatoms. The average molecular weight is 229 g/mol. The van der Waals surface area contributed by atoms with E-state index in [2.05, 4.69) is 0 Å². The Hall–Kier alpha value is -1.41. The Labute approximate surface area is 100 Å². The molecule has 0 amide bonds. The zero-order chi connectivity index (χ0) is 11.9. The highest BCUT2D eigenvalue weighted by atomic mass is 19.1. The van der Waals surface area contributed by atoms with Crippen LogP contribution in [0.1, 0.15) is 31.2 Å². The highest BCUT2D eigenvalue weighted by Gasteiger charge is 2.33. The minimum Gasteiger partial charge on any atom is -0.321 e. The van der Waals surface area contributed by atoms with E-state index in [-0.39, 0.29) is 11.4 Å². The minimum absolute atomic E-state index is 0.158. The zero-order valence-electron chi connectivity index (χ0n) is 9.75. The lowest BCUT2D eigenvalue weighted by atomic mass is 9.85. The van der Waals surface area contributed by atoms with Gasteiger partial charge in [-0.15, -0.1) is 0 Å². The van der Waals surface area contributed by atoms with Gasteiger partial charge in [-0.3, -0.25) is 0 Å². The molecule has 0 aliphatic heterocycles. The van der Waals surface area contributed by atoms with Crippen molar-refractivity contribution in [3.8, 4) is 0 Å². The summed E-state index contributed by atoms with van der Waals surface area (Å²) < 4.78 is 14.0. The van der Waals surface area contributed by atoms with E-state index in [1.165, 1.54) is 6.07 Å². The molecule has 2 aromatic carbocycles. The van der Waals surface area contributed by atoms with Crippen molar-refractivity contribution >= 4 is 10.8 Å². The first-order chi connectivity index (χ1) is 8.21. The number of hydrogen-bond donors (Lipinski definition) is 1. The SMILES string of the molecule is NC1(c2cccc3cccc(F)c23)CCCC1. The molecule has 17 heavy (non-hydrogen) atoms. The van der Waals surface area contributed by atoms with E-state index in [0.29, 0.717) is 5.39 Å². The van der Waals surface area contributed by atoms with Crippen LogP contribution in [0, 0.1) is 5.82 Å². The fourth-order valence-electron chi connectivity index (χ4n) is 2.99. The molecule has 1 aliphatic carbocycles. The predicted molar refractivity (Wildman–Crippen MR) is 68.2 cm³/mol. The van der Waals surface area contributed by atoms with Gasteiger partial charge in [0.1, 0.15) is 5.82 Å². The molecule has 3 rings (SSSR count). The lowest BCUT2D eigenvalue weighted by molar-refractivity contribution is 0.464. The van der Waals surface area contributed by atoms with Crippen LogP contribution in [0.4, 0.5) is 4.39 Å². The summed E-state index contributed by atoms with van der Waals surface area (Å²) in [5.74, 6) is -0.158. The molecule has 0 unspecified atom stereocenters. The van der Waals surface area contributed by atoms with Crippen LogP contribution in [0.25, 0.3) is 10.8 Å². The molecular weight excluding hydrogens is 213 g/mol. The van der Waals surface area contributed by atoms with Gasteiger partial charge in [-0.25, -0.2) is 4.39 Å². The summed E-state index contributed by atoms with van der Waals surface area (Å²) in [5.41, 5.74) is 7.09. The van der Waals surface area contributed by atoms with E-state index in [1.54, 1.807) is 6.07 Å². The number of benzene rings is 2. The largest absolute Gasteiger partial charge is 0.321 e. The summed E-state index contributed by atoms with van der Waals surface area (Å²) in [6, 6.07) is 11.1. The molecule has 2 aromatic rings. The molecule has 1 saturated carbocycles. The van der Waals surface area contributed by atoms with Gasteiger partial charge < -0.3 is 5.73 Å². The van der Waals surface area contributed by atoms with Crippen molar-refractivity contribution in [3.05, 3.63) is 47.8 Å². The van der Waals surface area contributed by atoms with Crippen molar-refractivity contribution in [1.29, 1.82) is 0 Å². The predicted octanol–water partition coefficient (Wildman–Crippen LogP) is 3.71. The van der Waals surface area contributed by atoms with Crippen LogP contribution < -0.4 is 5.73 Å². The number of halogens is 1. The third-order valence-corrected chi connectivity index (χ3v) is 3.89. The van der Waals surface area contributed by atoms with E-state index >= 15 is 0 Å². The minimum atomic E-state index is -0.332. The fraction of sp³-hybridized carbons (Fsp3) is 0.333. The van der Waals surface area contributed by atoms with Crippen LogP contribution in [0.15, 0.2) is 36.4 Å². The maximum atomic E-state index is 14.0. The second-order valence-electron chi connectivity index (χ2n) is 5.01. The van der Waals surface area contributed by atoms with E-state index in [0.717, 1.165) is 36.6 Å². The van der Waals surface area contributed by atoms with Crippen LogP contribution in [0.2, 0.25) is 0 Å². The van der Waals surface area contributed by atoms with Crippen molar-refractivity contribution in [1.82, 2.24) is 0 Å². The number of nitrogens with two attached hydrogens (primary N) is 1. The third kappa shape index (κ3) is 1.64. The van der Waals surface area contributed by atoms with E-state index in [4.69, 9.17) is 5.73 Å². The summed E-state index contributed by atoms with van der Waals surface area (Å²) in [6.07, 6.45) is 4.20. The van der Waals surface area contributed by atoms with Gasteiger partial charge in [0.25, 0.3) is 0 Å². The van der Waals surface area contributed by atoms with Gasteiger partial charge in [-0.05, 0) is 29.9 Å². The lowest BCUT2D eigenvalue weighted by Crippen LogP contribution is -2.33. The second-order valence-corrected chi connectivity index (χ2v) is 5.01. The van der Waals surface area contributed by atoms with Crippen LogP contribution in [0.3, 0.4) is 0 Å². The lowest BCUT2D eigenvalue weighted by Gasteiger charge is -2.26. The van der Waals surface area contributed by atoms with Crippen molar-refractivity contribution < 1.29 is 4.39 Å². The summed E-state index contributed by atoms with van der Waals surface area (Å²) in [7, 11) is 0. The van der Waals surface area contributed by atoms with Crippen LogP contribution >= 0.6 is 0 Å². The number of hydrogen-bond acceptors (Lipinski definition) is 1. The standard InChI is InChI=1S/C15H16FN/c16-13-8-4-6-11-5-3-7-12(14(11)13)15(17)9-1-2-10-15/h3-8H,1-2,9-10,17H2. The molecule has 0 bridgehead atoms. The van der Waals surface area contributed by atoms with Crippen molar-refractivity contribution in [2.24, 2.45) is 5.73 Å². The van der Waals surface area contributed by atoms with Gasteiger partial charge in [0, 0.05) is 10.9 Å². The normalized spacial score (nSPS) is 18.7. The van der Waals surface area contributed by atoms with Crippen LogP contribution in [-0.2, 0) is 5.54 Å². The zero-order valence-corrected chi connectivity index (χ0v) is 9.75. The first-order valence-electron chi connectivity index (χ1n) is 6.17. The summed E-state index contributed by atoms with van der Waals surface area (Å²) in [6.45, 7) is 0. The quantitative estimate of drug-likeness (QED) is 0.792. The van der Waals surface area contributed by atoms with E-state index in [9.17, 15) is 4.39 Å². The monoisotopic (exact) mass is 229 g/mol. The molecule has 2 N–H and O–H groups in total. The topological polar surface area (TPSA) is 26.0 Å². The maximum absolute atomic E-state index is 14.0. The van der Waals surface area contributed by atoms with Gasteiger partial charge in [0.15, 0.2) is 0 Å². The summed E-state index contributed by atoms with van der Waals surface area (Å²) >= 11 is 0. The average Bonchev–Trinajstić information content (AvgIpc) is 2.77. The maximum Gasteiger partial charge on any atom is 0.131 e. The van der Waals surface area contributed by atoms with Gasteiger partial charge in [0.2, 0.25) is 0 Å². The molecule has 0 heterocycles. The van der Waals surface area contributed by atoms with Gasteiger partial charge in [-0.1, -0.05) is 43.2 Å². The first kappa shape index (κ1) is 10.7. The highest BCUT2D eigenvalue weighted by molar-refractivity contribution is 5.87. The molecule has 1 nitrogen and oxygen atoms in total. The number of fused-ring (bicyclic) bond motifs is 1. The molecule has 0 spiro atoms. The van der Waals surface area contributed by atoms with Gasteiger partial charge in [0.05, 0.1) is 0 Å². The Kier molecular flexibility index (Phi) is 2.40. The van der Waals surface area contributed by atoms with Gasteiger partial charge in [-0.2, -0.15) is 0 Å². The molecule has 0 atom stereocenters. The van der Waals surface area contributed by atoms with Crippen LogP contribution in [-0.4, -0.2) is 0 Å². The third-order valence-electron chi connectivity index (χ3n) is 3.89. The van der Waals surface area contributed by atoms with Crippen LogP contribution in [0.5, 0.6) is 0 Å². The fourth-order valence-corrected chi connectivity index (χ4v) is 2.99. The highest BCUT2D eigenvalue weighted by Crippen LogP contribution is 2.40. The number of rotatable bonds is 1. The Balaban J connectivity index is 2.29. The van der Waals surface area contributed by atoms with Gasteiger partial charge >= 0.3 is 0 Å². The molecule has 0 aromatic heterocycles. The van der Waals surface area contributed by atoms with E-state index < -0.39 is 0 Å². The molecule has 1 fully saturated rings. The van der Waals surface area contributed by atoms with Crippen molar-refractivity contribution in [2.45, 2.75) is 31.2 Å². The first-order valence-corrected chi connectivity index (χ1v) is 6.17. The summed E-state index contributed by atoms with van der Waals surface area (Å²) in [5, 5.41) is 1.65. The smallest absolute Gasteiger partial charge is 0.131 e. The van der Waals surface area contributed by atoms with Crippen molar-refractivity contribution in [3.63, 3.8) is 0 Å². The molecular formula is C15H16FN. The molecule has 0 saturated heterocycles. The van der Waals surface area contributed by atoms with Crippen molar-refractivity contribution in [2.75, 3.05) is 0 Å². The molecule has 0 radical (unpaired) electrons. The second kappa shape index (κ2) is 3.81.